The SMILES string of the molecule is NCC(F)(F)c1cccc2c1OCC2. The summed E-state index contributed by atoms with van der Waals surface area (Å²) in [6, 6.07) is 4.79. The molecule has 2 nitrogen and oxygen atoms in total. The number of rotatable bonds is 2. The summed E-state index contributed by atoms with van der Waals surface area (Å²) in [7, 11) is 0. The fourth-order valence-electron chi connectivity index (χ4n) is 1.61. The molecule has 0 fully saturated rings. The Kier molecular flexibility index (Phi) is 2.15. The second kappa shape index (κ2) is 3.20. The third-order valence-electron chi connectivity index (χ3n) is 2.36. The first-order valence-electron chi connectivity index (χ1n) is 4.48. The number of nitrogens with two attached hydrogens (primary N) is 1. The van der Waals surface area contributed by atoms with E-state index in [1.807, 2.05) is 0 Å². The molecule has 14 heavy (non-hydrogen) atoms. The molecule has 0 saturated heterocycles. The molecule has 1 aliphatic rings. The molecule has 0 atom stereocenters. The van der Waals surface area contributed by atoms with Crippen molar-refractivity contribution in [2.45, 2.75) is 12.3 Å². The molecule has 0 radical (unpaired) electrons. The van der Waals surface area contributed by atoms with Gasteiger partial charge in [-0.3, -0.25) is 0 Å². The second-order valence-corrected chi connectivity index (χ2v) is 3.30. The summed E-state index contributed by atoms with van der Waals surface area (Å²) < 4.78 is 31.9. The smallest absolute Gasteiger partial charge is 0.288 e. The van der Waals surface area contributed by atoms with Gasteiger partial charge >= 0.3 is 0 Å². The zero-order valence-corrected chi connectivity index (χ0v) is 7.59. The maximum absolute atomic E-state index is 13.3. The van der Waals surface area contributed by atoms with E-state index in [-0.39, 0.29) is 5.56 Å². The lowest BCUT2D eigenvalue weighted by Gasteiger charge is -2.16. The molecule has 0 amide bonds. The molecular weight excluding hydrogens is 188 g/mol. The number of benzene rings is 1. The number of ether oxygens (including phenoxy) is 1. The van der Waals surface area contributed by atoms with Crippen LogP contribution in [-0.4, -0.2) is 13.2 Å². The number of alkyl halides is 2. The van der Waals surface area contributed by atoms with E-state index in [1.165, 1.54) is 6.07 Å². The molecular formula is C10H11F2NO. The molecule has 2 rings (SSSR count). The Morgan fingerprint density at radius 1 is 1.43 bits per heavy atom. The van der Waals surface area contributed by atoms with Gasteiger partial charge in [0.15, 0.2) is 0 Å². The summed E-state index contributed by atoms with van der Waals surface area (Å²) in [5, 5.41) is 0. The van der Waals surface area contributed by atoms with E-state index >= 15 is 0 Å². The second-order valence-electron chi connectivity index (χ2n) is 3.30. The molecule has 0 saturated carbocycles. The Morgan fingerprint density at radius 3 is 2.93 bits per heavy atom. The molecule has 1 aliphatic heterocycles. The van der Waals surface area contributed by atoms with Crippen LogP contribution in [0.5, 0.6) is 5.75 Å². The minimum Gasteiger partial charge on any atom is -0.492 e. The molecule has 0 spiro atoms. The van der Waals surface area contributed by atoms with Crippen molar-refractivity contribution in [3.63, 3.8) is 0 Å². The molecule has 4 heteroatoms. The summed E-state index contributed by atoms with van der Waals surface area (Å²) in [6.07, 6.45) is 0.698. The van der Waals surface area contributed by atoms with E-state index in [9.17, 15) is 8.78 Å². The lowest BCUT2D eigenvalue weighted by Crippen LogP contribution is -2.25. The Bertz CT molecular complexity index is 352. The molecule has 0 aliphatic carbocycles. The number of hydrogen-bond donors (Lipinski definition) is 1. The van der Waals surface area contributed by atoms with Crippen molar-refractivity contribution in [2.24, 2.45) is 5.73 Å². The van der Waals surface area contributed by atoms with Gasteiger partial charge in [0.05, 0.1) is 18.7 Å². The van der Waals surface area contributed by atoms with Crippen molar-refractivity contribution in [1.82, 2.24) is 0 Å². The van der Waals surface area contributed by atoms with E-state index in [1.54, 1.807) is 12.1 Å². The monoisotopic (exact) mass is 199 g/mol. The van der Waals surface area contributed by atoms with Crippen LogP contribution in [0.4, 0.5) is 8.78 Å². The molecule has 0 aromatic heterocycles. The van der Waals surface area contributed by atoms with Gasteiger partial charge in [-0.1, -0.05) is 12.1 Å². The predicted octanol–water partition coefficient (Wildman–Crippen LogP) is 1.67. The van der Waals surface area contributed by atoms with Crippen LogP contribution in [-0.2, 0) is 12.3 Å². The van der Waals surface area contributed by atoms with Crippen LogP contribution < -0.4 is 10.5 Å². The van der Waals surface area contributed by atoms with Gasteiger partial charge in [0, 0.05) is 6.42 Å². The fraction of sp³-hybridized carbons (Fsp3) is 0.400. The minimum atomic E-state index is -2.99. The van der Waals surface area contributed by atoms with Crippen molar-refractivity contribution in [3.8, 4) is 5.75 Å². The van der Waals surface area contributed by atoms with E-state index in [2.05, 4.69) is 0 Å². The summed E-state index contributed by atoms with van der Waals surface area (Å²) in [5.74, 6) is -2.67. The molecule has 1 heterocycles. The third kappa shape index (κ3) is 1.35. The van der Waals surface area contributed by atoms with Crippen LogP contribution in [0, 0.1) is 0 Å². The van der Waals surface area contributed by atoms with Crippen LogP contribution >= 0.6 is 0 Å². The Hall–Kier alpha value is -1.16. The normalized spacial score (nSPS) is 15.1. The van der Waals surface area contributed by atoms with Gasteiger partial charge in [-0.15, -0.1) is 0 Å². The van der Waals surface area contributed by atoms with Crippen molar-refractivity contribution in [1.29, 1.82) is 0 Å². The maximum Gasteiger partial charge on any atom is 0.288 e. The number of halogens is 2. The first-order chi connectivity index (χ1) is 6.65. The van der Waals surface area contributed by atoms with Crippen LogP contribution in [0.3, 0.4) is 0 Å². The van der Waals surface area contributed by atoms with Gasteiger partial charge in [0.25, 0.3) is 5.92 Å². The molecule has 0 unspecified atom stereocenters. The number of para-hydroxylation sites is 1. The summed E-state index contributed by atoms with van der Waals surface area (Å²) in [4.78, 5) is 0. The standard InChI is InChI=1S/C10H11F2NO/c11-10(12,6-13)8-3-1-2-7-4-5-14-9(7)8/h1-3H,4-6,13H2. The van der Waals surface area contributed by atoms with E-state index in [4.69, 9.17) is 10.5 Å². The lowest BCUT2D eigenvalue weighted by molar-refractivity contribution is 0.00367. The third-order valence-corrected chi connectivity index (χ3v) is 2.36. The minimum absolute atomic E-state index is 0.0880. The zero-order chi connectivity index (χ0) is 10.2. The number of fused-ring (bicyclic) bond motifs is 1. The summed E-state index contributed by atoms with van der Waals surface area (Å²) in [6.45, 7) is -0.209. The first kappa shape index (κ1) is 9.40. The quantitative estimate of drug-likeness (QED) is 0.786. The summed E-state index contributed by atoms with van der Waals surface area (Å²) in [5.41, 5.74) is 5.78. The summed E-state index contributed by atoms with van der Waals surface area (Å²) >= 11 is 0. The van der Waals surface area contributed by atoms with Gasteiger partial charge in [0.2, 0.25) is 0 Å². The molecule has 1 aromatic rings. The maximum atomic E-state index is 13.3. The van der Waals surface area contributed by atoms with Crippen molar-refractivity contribution in [3.05, 3.63) is 29.3 Å². The highest BCUT2D eigenvalue weighted by molar-refractivity contribution is 5.46. The highest BCUT2D eigenvalue weighted by Gasteiger charge is 2.35. The fourth-order valence-corrected chi connectivity index (χ4v) is 1.61. The van der Waals surface area contributed by atoms with Gasteiger partial charge in [-0.2, -0.15) is 8.78 Å². The predicted molar refractivity (Wildman–Crippen MR) is 48.6 cm³/mol. The van der Waals surface area contributed by atoms with E-state index < -0.39 is 12.5 Å². The van der Waals surface area contributed by atoms with Crippen molar-refractivity contribution in [2.75, 3.05) is 13.2 Å². The lowest BCUT2D eigenvalue weighted by atomic mass is 10.0. The van der Waals surface area contributed by atoms with Gasteiger partial charge < -0.3 is 10.5 Å². The van der Waals surface area contributed by atoms with Crippen LogP contribution in [0.25, 0.3) is 0 Å². The van der Waals surface area contributed by atoms with Crippen molar-refractivity contribution < 1.29 is 13.5 Å². The molecule has 0 bridgehead atoms. The first-order valence-corrected chi connectivity index (χ1v) is 4.48. The molecule has 2 N–H and O–H groups in total. The Morgan fingerprint density at radius 2 is 2.21 bits per heavy atom. The largest absolute Gasteiger partial charge is 0.492 e. The van der Waals surface area contributed by atoms with Gasteiger partial charge in [-0.05, 0) is 11.6 Å². The highest BCUT2D eigenvalue weighted by Crippen LogP contribution is 2.38. The topological polar surface area (TPSA) is 35.2 Å². The highest BCUT2D eigenvalue weighted by atomic mass is 19.3. The van der Waals surface area contributed by atoms with Gasteiger partial charge in [-0.25, -0.2) is 0 Å². The Labute approximate surface area is 80.7 Å². The van der Waals surface area contributed by atoms with Crippen LogP contribution in [0.15, 0.2) is 18.2 Å². The molecule has 76 valence electrons. The van der Waals surface area contributed by atoms with E-state index in [0.29, 0.717) is 18.8 Å². The molecule has 1 aromatic carbocycles. The van der Waals surface area contributed by atoms with Crippen LogP contribution in [0.1, 0.15) is 11.1 Å². The van der Waals surface area contributed by atoms with Crippen molar-refractivity contribution >= 4 is 0 Å². The van der Waals surface area contributed by atoms with Gasteiger partial charge in [0.1, 0.15) is 5.75 Å². The van der Waals surface area contributed by atoms with Crippen LogP contribution in [0.2, 0.25) is 0 Å². The zero-order valence-electron chi connectivity index (χ0n) is 7.59. The average Bonchev–Trinajstić information content (AvgIpc) is 2.64. The van der Waals surface area contributed by atoms with E-state index in [0.717, 1.165) is 5.56 Å². The average molecular weight is 199 g/mol. The Balaban J connectivity index is 2.49. The number of hydrogen-bond acceptors (Lipinski definition) is 2.